The zero-order valence-corrected chi connectivity index (χ0v) is 35.3. The fraction of sp³-hybridized carbons (Fsp3) is 0.643. The molecule has 14 nitrogen and oxygen atoms in total. The fourth-order valence-corrected chi connectivity index (χ4v) is 7.58. The molecule has 1 aromatic carbocycles. The quantitative estimate of drug-likeness (QED) is 0.159. The van der Waals surface area contributed by atoms with Crippen LogP contribution in [-0.4, -0.2) is 127 Å². The molecule has 1 aliphatic rings. The van der Waals surface area contributed by atoms with Crippen LogP contribution >= 0.6 is 0 Å². The smallest absolute Gasteiger partial charge is 0.417 e. The average Bonchev–Trinajstić information content (AvgIpc) is 3.84. The van der Waals surface area contributed by atoms with Crippen LogP contribution in [0, 0.1) is 17.8 Å². The number of para-hydroxylation sites is 1. The lowest BCUT2D eigenvalue weighted by molar-refractivity contribution is -0.149. The van der Waals surface area contributed by atoms with Crippen molar-refractivity contribution in [2.75, 3.05) is 41.5 Å². The van der Waals surface area contributed by atoms with Gasteiger partial charge in [-0.2, -0.15) is 0 Å². The number of imide groups is 1. The Bertz CT molecular complexity index is 1660. The number of benzene rings is 1. The molecule has 14 heteroatoms. The second-order valence-corrected chi connectivity index (χ2v) is 15.8. The second kappa shape index (κ2) is 20.8. The molecule has 3 N–H and O–H groups in total. The maximum atomic E-state index is 14.3. The van der Waals surface area contributed by atoms with Crippen LogP contribution in [0.25, 0.3) is 10.9 Å². The number of amides is 5. The number of H-pyrrole nitrogens is 1. The van der Waals surface area contributed by atoms with Gasteiger partial charge in [0.25, 0.3) is 0 Å². The molecule has 1 aliphatic heterocycles. The minimum atomic E-state index is -0.887. The number of rotatable bonds is 20. The summed E-state index contributed by atoms with van der Waals surface area (Å²) in [6.45, 7) is 17.0. The topological polar surface area (TPSA) is 163 Å². The first kappa shape index (κ1) is 46.1. The normalized spacial score (nSPS) is 17.8. The third-order valence-electron chi connectivity index (χ3n) is 11.5. The van der Waals surface area contributed by atoms with Gasteiger partial charge in [-0.1, -0.05) is 71.9 Å². The Morgan fingerprint density at radius 1 is 1.07 bits per heavy atom. The van der Waals surface area contributed by atoms with Gasteiger partial charge in [-0.15, -0.1) is 0 Å². The van der Waals surface area contributed by atoms with Crippen molar-refractivity contribution in [2.24, 2.45) is 17.8 Å². The highest BCUT2D eigenvalue weighted by Gasteiger charge is 2.44. The van der Waals surface area contributed by atoms with E-state index in [0.29, 0.717) is 25.8 Å². The predicted molar refractivity (Wildman–Crippen MR) is 216 cm³/mol. The molecule has 0 saturated carbocycles. The number of ether oxygens (including phenoxy) is 3. The summed E-state index contributed by atoms with van der Waals surface area (Å²) < 4.78 is 17.4. The minimum absolute atomic E-state index is 0.0234. The van der Waals surface area contributed by atoms with Crippen molar-refractivity contribution in [2.45, 2.75) is 117 Å². The molecule has 0 aliphatic carbocycles. The van der Waals surface area contributed by atoms with E-state index in [4.69, 9.17) is 14.2 Å². The van der Waals surface area contributed by atoms with E-state index in [9.17, 15) is 24.0 Å². The number of nitrogens with one attached hydrogen (secondary N) is 3. The van der Waals surface area contributed by atoms with Crippen molar-refractivity contribution in [1.29, 1.82) is 0 Å². The maximum Gasteiger partial charge on any atom is 0.417 e. The van der Waals surface area contributed by atoms with Gasteiger partial charge in [0.05, 0.1) is 48.7 Å². The summed E-state index contributed by atoms with van der Waals surface area (Å²) in [4.78, 5) is 76.9. The molecule has 1 saturated heterocycles. The molecule has 0 bridgehead atoms. The Morgan fingerprint density at radius 2 is 1.75 bits per heavy atom. The second-order valence-electron chi connectivity index (χ2n) is 15.8. The molecule has 3 rings (SSSR count). The van der Waals surface area contributed by atoms with Gasteiger partial charge in [0.15, 0.2) is 0 Å². The molecule has 0 spiro atoms. The third kappa shape index (κ3) is 10.8. The number of hydrogen-bond acceptors (Lipinski definition) is 9. The standard InChI is InChI=1S/C42H66N6O8/c1-13-22-56-41(53)48(25-29-24-44-31-19-16-15-18-30(29)31)38(50)28(6)37(55-12)32-20-17-21-47(32)34(49)23-33(54-11)36(27(5)14-2)46(10)39(51)35(26(3)4)45-40(52)42(7,8)43-9/h13,15-16,18-19,24,26-28,32-33,35-37,43-44H,1,14,17,20-23,25H2,2-12H3,(H,45,52)/t27-,28+,32-,33+,35-,36-,37+/m0/s1. The summed E-state index contributed by atoms with van der Waals surface area (Å²) in [7, 11) is 6.44. The van der Waals surface area contributed by atoms with Crippen molar-refractivity contribution in [3.8, 4) is 0 Å². The molecule has 0 radical (unpaired) electrons. The summed E-state index contributed by atoms with van der Waals surface area (Å²) in [6.07, 6.45) is 2.98. The maximum absolute atomic E-state index is 14.3. The number of carbonyl (C=O) groups excluding carboxylic acids is 5. The van der Waals surface area contributed by atoms with Gasteiger partial charge in [0.2, 0.25) is 23.6 Å². The van der Waals surface area contributed by atoms with Crippen molar-refractivity contribution in [3.63, 3.8) is 0 Å². The Kier molecular flexibility index (Phi) is 17.1. The van der Waals surface area contributed by atoms with Crippen LogP contribution in [0.2, 0.25) is 0 Å². The average molecular weight is 783 g/mol. The largest absolute Gasteiger partial charge is 0.445 e. The van der Waals surface area contributed by atoms with Crippen molar-refractivity contribution in [3.05, 3.63) is 48.7 Å². The van der Waals surface area contributed by atoms with Crippen LogP contribution in [-0.2, 0) is 39.9 Å². The Balaban J connectivity index is 1.86. The number of aromatic nitrogens is 1. The van der Waals surface area contributed by atoms with Gasteiger partial charge < -0.3 is 39.6 Å². The molecular weight excluding hydrogens is 716 g/mol. The van der Waals surface area contributed by atoms with Crippen LogP contribution in [0.1, 0.15) is 79.7 Å². The summed E-state index contributed by atoms with van der Waals surface area (Å²) in [5.74, 6) is -2.34. The lowest BCUT2D eigenvalue weighted by Crippen LogP contribution is -2.61. The van der Waals surface area contributed by atoms with Gasteiger partial charge in [-0.3, -0.25) is 19.2 Å². The summed E-state index contributed by atoms with van der Waals surface area (Å²) in [5.41, 5.74) is 0.734. The van der Waals surface area contributed by atoms with Gasteiger partial charge >= 0.3 is 6.09 Å². The molecule has 5 amide bonds. The van der Waals surface area contributed by atoms with E-state index in [2.05, 4.69) is 22.2 Å². The molecule has 7 atom stereocenters. The monoisotopic (exact) mass is 782 g/mol. The van der Waals surface area contributed by atoms with E-state index in [1.807, 2.05) is 52.0 Å². The zero-order chi connectivity index (χ0) is 41.9. The highest BCUT2D eigenvalue weighted by atomic mass is 16.6. The van der Waals surface area contributed by atoms with E-state index in [1.54, 1.807) is 50.9 Å². The highest BCUT2D eigenvalue weighted by molar-refractivity contribution is 5.94. The van der Waals surface area contributed by atoms with E-state index < -0.39 is 53.8 Å². The Hall–Kier alpha value is -4.27. The number of likely N-dealkylation sites (tertiary alicyclic amines) is 1. The number of likely N-dealkylation sites (N-methyl/N-ethyl adjacent to an activating group) is 2. The Morgan fingerprint density at radius 3 is 2.34 bits per heavy atom. The molecular formula is C42H66N6O8. The molecule has 56 heavy (non-hydrogen) atoms. The fourth-order valence-electron chi connectivity index (χ4n) is 7.58. The SMILES string of the molecule is C=CCOC(=O)N(Cc1c[nH]c2ccccc12)C(=O)[C@H](C)[C@@H](OC)[C@@H]1CCCN1C(=O)C[C@@H](OC)[C@H]([C@@H](C)CC)N(C)C(=O)[C@@H](NC(=O)C(C)(C)NC)C(C)C. The van der Waals surface area contributed by atoms with Gasteiger partial charge in [-0.25, -0.2) is 9.69 Å². The lowest BCUT2D eigenvalue weighted by Gasteiger charge is -2.41. The number of methoxy groups -OCH3 is 2. The highest BCUT2D eigenvalue weighted by Crippen LogP contribution is 2.31. The molecule has 1 fully saturated rings. The number of carbonyl (C=O) groups is 5. The van der Waals surface area contributed by atoms with E-state index >= 15 is 0 Å². The van der Waals surface area contributed by atoms with Crippen LogP contribution in [0.3, 0.4) is 0 Å². The lowest BCUT2D eigenvalue weighted by atomic mass is 9.89. The van der Waals surface area contributed by atoms with Gasteiger partial charge in [-0.05, 0) is 57.2 Å². The number of aromatic amines is 1. The van der Waals surface area contributed by atoms with Crippen LogP contribution < -0.4 is 10.6 Å². The van der Waals surface area contributed by atoms with Gasteiger partial charge in [0.1, 0.15) is 12.6 Å². The molecule has 2 aromatic rings. The van der Waals surface area contributed by atoms with Crippen molar-refractivity contribution >= 4 is 40.6 Å². The molecule has 2 heterocycles. The number of hydrogen-bond donors (Lipinski definition) is 3. The first-order chi connectivity index (χ1) is 26.5. The van der Waals surface area contributed by atoms with Crippen molar-refractivity contribution < 1.29 is 38.2 Å². The van der Waals surface area contributed by atoms with Gasteiger partial charge in [0, 0.05) is 44.9 Å². The van der Waals surface area contributed by atoms with Crippen LogP contribution in [0.15, 0.2) is 43.1 Å². The van der Waals surface area contributed by atoms with Crippen LogP contribution in [0.4, 0.5) is 4.79 Å². The predicted octanol–water partition coefficient (Wildman–Crippen LogP) is 4.88. The number of nitrogens with zero attached hydrogens (tertiary/aromatic N) is 3. The summed E-state index contributed by atoms with van der Waals surface area (Å²) >= 11 is 0. The van der Waals surface area contributed by atoms with Crippen molar-refractivity contribution in [1.82, 2.24) is 30.3 Å². The van der Waals surface area contributed by atoms with Crippen LogP contribution in [0.5, 0.6) is 0 Å². The molecule has 1 aromatic heterocycles. The first-order valence-corrected chi connectivity index (χ1v) is 19.7. The van der Waals surface area contributed by atoms with E-state index in [0.717, 1.165) is 21.4 Å². The summed E-state index contributed by atoms with van der Waals surface area (Å²) in [6, 6.07) is 5.88. The van der Waals surface area contributed by atoms with E-state index in [-0.39, 0.29) is 49.1 Å². The minimum Gasteiger partial charge on any atom is -0.445 e. The summed E-state index contributed by atoms with van der Waals surface area (Å²) in [5, 5.41) is 6.81. The zero-order valence-electron chi connectivity index (χ0n) is 35.3. The number of fused-ring (bicyclic) bond motifs is 1. The third-order valence-corrected chi connectivity index (χ3v) is 11.5. The first-order valence-electron chi connectivity index (χ1n) is 19.7. The van der Waals surface area contributed by atoms with E-state index in [1.165, 1.54) is 20.3 Å². The molecule has 312 valence electrons. The Labute approximate surface area is 333 Å². The molecule has 0 unspecified atom stereocenters.